The van der Waals surface area contributed by atoms with Crippen LogP contribution in [0, 0.1) is 24.7 Å². The van der Waals surface area contributed by atoms with Crippen molar-refractivity contribution in [1.29, 1.82) is 0 Å². The summed E-state index contributed by atoms with van der Waals surface area (Å²) in [5.74, 6) is -2.98. The van der Waals surface area contributed by atoms with Gasteiger partial charge in [-0.3, -0.25) is 19.3 Å². The zero-order valence-corrected chi connectivity index (χ0v) is 17.2. The number of hydrogen-bond donors (Lipinski definition) is 2. The molecule has 0 unspecified atom stereocenters. The molecular weight excluding hydrogens is 396 g/mol. The highest BCUT2D eigenvalue weighted by molar-refractivity contribution is 6.22. The Bertz CT molecular complexity index is 1140. The third-order valence-electron chi connectivity index (χ3n) is 5.89. The molecule has 1 fully saturated rings. The van der Waals surface area contributed by atoms with Crippen molar-refractivity contribution in [2.24, 2.45) is 17.8 Å². The number of carbonyl (C=O) groups is 4. The Hall–Kier alpha value is -3.74. The van der Waals surface area contributed by atoms with Crippen LogP contribution in [0.25, 0.3) is 0 Å². The molecule has 3 amide bonds. The zero-order valence-electron chi connectivity index (χ0n) is 17.2. The average molecular weight is 418 g/mol. The van der Waals surface area contributed by atoms with Crippen LogP contribution in [0.4, 0.5) is 11.4 Å². The second-order valence-electron chi connectivity index (χ2n) is 8.03. The molecule has 2 aliphatic rings. The molecule has 1 heterocycles. The van der Waals surface area contributed by atoms with Gasteiger partial charge in [0.1, 0.15) is 0 Å². The number of imide groups is 1. The SMILES string of the molecule is Cc1ccc(C(=O)O)c(NC(=O)c2cccc(N3C(=O)[C@@H]4[C@@H](C)C=CC[C@H]4C3=O)c2)c1. The van der Waals surface area contributed by atoms with Crippen molar-refractivity contribution >= 4 is 35.1 Å². The standard InChI is InChI=1S/C24H22N2O5/c1-13-9-10-17(24(30)31)19(11-13)25-21(27)15-6-4-7-16(12-15)26-22(28)18-8-3-5-14(2)20(18)23(26)29/h3-7,9-12,14,18,20H,8H2,1-2H3,(H,25,27)(H,30,31)/t14-,18+,20+/m0/s1. The first-order valence-electron chi connectivity index (χ1n) is 10.1. The molecule has 0 spiro atoms. The summed E-state index contributed by atoms with van der Waals surface area (Å²) in [6.07, 6.45) is 4.43. The molecule has 7 nitrogen and oxygen atoms in total. The van der Waals surface area contributed by atoms with E-state index in [2.05, 4.69) is 5.32 Å². The number of allylic oxidation sites excluding steroid dienone is 2. The topological polar surface area (TPSA) is 104 Å². The first-order valence-corrected chi connectivity index (χ1v) is 10.1. The van der Waals surface area contributed by atoms with Gasteiger partial charge in [0.2, 0.25) is 11.8 Å². The molecule has 1 aliphatic heterocycles. The van der Waals surface area contributed by atoms with Crippen molar-refractivity contribution in [3.63, 3.8) is 0 Å². The van der Waals surface area contributed by atoms with Crippen LogP contribution < -0.4 is 10.2 Å². The number of carbonyl (C=O) groups excluding carboxylic acids is 3. The average Bonchev–Trinajstić information content (AvgIpc) is 2.99. The number of benzene rings is 2. The fourth-order valence-corrected chi connectivity index (χ4v) is 4.33. The van der Waals surface area contributed by atoms with Gasteiger partial charge < -0.3 is 10.4 Å². The summed E-state index contributed by atoms with van der Waals surface area (Å²) >= 11 is 0. The Morgan fingerprint density at radius 2 is 1.87 bits per heavy atom. The van der Waals surface area contributed by atoms with Gasteiger partial charge in [0.25, 0.3) is 5.91 Å². The van der Waals surface area contributed by atoms with Crippen molar-refractivity contribution in [1.82, 2.24) is 0 Å². The van der Waals surface area contributed by atoms with E-state index in [-0.39, 0.29) is 46.4 Å². The number of nitrogens with one attached hydrogen (secondary N) is 1. The normalized spacial score (nSPS) is 22.4. The summed E-state index contributed by atoms with van der Waals surface area (Å²) in [6.45, 7) is 3.72. The number of aryl methyl sites for hydroxylation is 1. The minimum Gasteiger partial charge on any atom is -0.478 e. The monoisotopic (exact) mass is 418 g/mol. The van der Waals surface area contributed by atoms with E-state index in [0.717, 1.165) is 5.56 Å². The summed E-state index contributed by atoms with van der Waals surface area (Å²) in [4.78, 5) is 51.4. The first-order chi connectivity index (χ1) is 14.8. The zero-order chi connectivity index (χ0) is 22.3. The van der Waals surface area contributed by atoms with E-state index in [4.69, 9.17) is 0 Å². The fraction of sp³-hybridized carbons (Fsp3) is 0.250. The number of amides is 3. The number of nitrogens with zero attached hydrogens (tertiary/aromatic N) is 1. The summed E-state index contributed by atoms with van der Waals surface area (Å²) in [6, 6.07) is 10.9. The van der Waals surface area contributed by atoms with Gasteiger partial charge in [-0.05, 0) is 55.2 Å². The van der Waals surface area contributed by atoms with E-state index in [1.54, 1.807) is 37.3 Å². The molecule has 158 valence electrons. The lowest BCUT2D eigenvalue weighted by Gasteiger charge is -2.22. The van der Waals surface area contributed by atoms with E-state index >= 15 is 0 Å². The summed E-state index contributed by atoms with van der Waals surface area (Å²) in [5, 5.41) is 12.0. The number of fused-ring (bicyclic) bond motifs is 1. The van der Waals surface area contributed by atoms with E-state index in [0.29, 0.717) is 12.1 Å². The second kappa shape index (κ2) is 7.83. The predicted octanol–water partition coefficient (Wildman–Crippen LogP) is 3.65. The van der Waals surface area contributed by atoms with Gasteiger partial charge in [0.15, 0.2) is 0 Å². The Morgan fingerprint density at radius 3 is 2.58 bits per heavy atom. The van der Waals surface area contributed by atoms with Gasteiger partial charge in [-0.25, -0.2) is 4.79 Å². The highest BCUT2D eigenvalue weighted by Gasteiger charge is 2.50. The van der Waals surface area contributed by atoms with Gasteiger partial charge >= 0.3 is 5.97 Å². The Morgan fingerprint density at radius 1 is 1.10 bits per heavy atom. The maximum Gasteiger partial charge on any atom is 0.337 e. The van der Waals surface area contributed by atoms with Crippen molar-refractivity contribution in [3.05, 3.63) is 71.3 Å². The van der Waals surface area contributed by atoms with Crippen molar-refractivity contribution < 1.29 is 24.3 Å². The number of carboxylic acid groups (broad SMARTS) is 1. The predicted molar refractivity (Wildman–Crippen MR) is 115 cm³/mol. The lowest BCUT2D eigenvalue weighted by molar-refractivity contribution is -0.122. The minimum atomic E-state index is -1.15. The van der Waals surface area contributed by atoms with Crippen molar-refractivity contribution in [2.75, 3.05) is 10.2 Å². The van der Waals surface area contributed by atoms with E-state index < -0.39 is 11.9 Å². The summed E-state index contributed by atoms with van der Waals surface area (Å²) in [7, 11) is 0. The molecule has 0 bridgehead atoms. The maximum atomic E-state index is 13.0. The number of aromatic carboxylic acids is 1. The van der Waals surface area contributed by atoms with Gasteiger partial charge in [-0.1, -0.05) is 31.2 Å². The van der Waals surface area contributed by atoms with Gasteiger partial charge in [-0.2, -0.15) is 0 Å². The molecule has 0 aromatic heterocycles. The highest BCUT2D eigenvalue weighted by atomic mass is 16.4. The Kier molecular flexibility index (Phi) is 5.19. The molecule has 0 saturated carbocycles. The second-order valence-corrected chi connectivity index (χ2v) is 8.03. The smallest absolute Gasteiger partial charge is 0.337 e. The van der Waals surface area contributed by atoms with Crippen LogP contribution in [0.15, 0.2) is 54.6 Å². The van der Waals surface area contributed by atoms with Crippen LogP contribution >= 0.6 is 0 Å². The van der Waals surface area contributed by atoms with Crippen molar-refractivity contribution in [2.45, 2.75) is 20.3 Å². The number of carboxylic acids is 1. The highest BCUT2D eigenvalue weighted by Crippen LogP contribution is 2.40. The van der Waals surface area contributed by atoms with Crippen LogP contribution in [0.2, 0.25) is 0 Å². The summed E-state index contributed by atoms with van der Waals surface area (Å²) in [5.41, 5.74) is 1.52. The summed E-state index contributed by atoms with van der Waals surface area (Å²) < 4.78 is 0. The number of rotatable bonds is 4. The maximum absolute atomic E-state index is 13.0. The van der Waals surface area contributed by atoms with Crippen LogP contribution in [0.3, 0.4) is 0 Å². The molecule has 1 saturated heterocycles. The largest absolute Gasteiger partial charge is 0.478 e. The molecule has 1 aliphatic carbocycles. The van der Waals surface area contributed by atoms with Gasteiger partial charge in [0, 0.05) is 5.56 Å². The van der Waals surface area contributed by atoms with E-state index in [1.807, 2.05) is 19.1 Å². The molecule has 31 heavy (non-hydrogen) atoms. The Balaban J connectivity index is 1.62. The quantitative estimate of drug-likeness (QED) is 0.583. The number of anilines is 2. The molecule has 7 heteroatoms. The van der Waals surface area contributed by atoms with E-state index in [9.17, 15) is 24.3 Å². The molecule has 2 aromatic rings. The number of hydrogen-bond acceptors (Lipinski definition) is 4. The van der Waals surface area contributed by atoms with Crippen molar-refractivity contribution in [3.8, 4) is 0 Å². The molecule has 2 aromatic carbocycles. The molecule has 0 radical (unpaired) electrons. The fourth-order valence-electron chi connectivity index (χ4n) is 4.33. The molecule has 3 atom stereocenters. The Labute approximate surface area is 179 Å². The third-order valence-corrected chi connectivity index (χ3v) is 5.89. The van der Waals surface area contributed by atoms with E-state index in [1.165, 1.54) is 17.0 Å². The van der Waals surface area contributed by atoms with Crippen LogP contribution in [0.1, 0.15) is 39.6 Å². The molecule has 4 rings (SSSR count). The first kappa shape index (κ1) is 20.5. The minimum absolute atomic E-state index is 0.0226. The van der Waals surface area contributed by atoms with Crippen LogP contribution in [-0.4, -0.2) is 28.8 Å². The van der Waals surface area contributed by atoms with Crippen LogP contribution in [-0.2, 0) is 9.59 Å². The van der Waals surface area contributed by atoms with Crippen LogP contribution in [0.5, 0.6) is 0 Å². The third kappa shape index (κ3) is 3.63. The molecular formula is C24H22N2O5. The van der Waals surface area contributed by atoms with Gasteiger partial charge in [0.05, 0.1) is 28.8 Å². The lowest BCUT2D eigenvalue weighted by atomic mass is 9.78. The van der Waals surface area contributed by atoms with Gasteiger partial charge in [-0.15, -0.1) is 0 Å². The molecule has 2 N–H and O–H groups in total. The lowest BCUT2D eigenvalue weighted by Crippen LogP contribution is -2.31.